The summed E-state index contributed by atoms with van der Waals surface area (Å²) in [6, 6.07) is 0. The molecule has 0 bridgehead atoms. The van der Waals surface area contributed by atoms with Crippen LogP contribution in [-0.4, -0.2) is 21.0 Å². The van der Waals surface area contributed by atoms with Gasteiger partial charge in [-0.05, 0) is 20.8 Å². The van der Waals surface area contributed by atoms with Crippen LogP contribution in [0.25, 0.3) is 0 Å². The normalized spacial score (nSPS) is 12.5. The average molecular weight is 180 g/mol. The molecule has 1 aromatic heterocycles. The third kappa shape index (κ3) is 2.02. The maximum absolute atomic E-state index is 10.6. The maximum atomic E-state index is 10.6. The van der Waals surface area contributed by atoms with E-state index in [2.05, 4.69) is 9.97 Å². The molecule has 0 aliphatic rings. The second kappa shape index (κ2) is 3.51. The summed E-state index contributed by atoms with van der Waals surface area (Å²) in [5.41, 5.74) is 2.13. The van der Waals surface area contributed by atoms with Gasteiger partial charge in [0.05, 0.1) is 23.0 Å². The maximum Gasteiger partial charge on any atom is 0.312 e. The second-order valence-electron chi connectivity index (χ2n) is 3.03. The van der Waals surface area contributed by atoms with Gasteiger partial charge in [-0.25, -0.2) is 0 Å². The number of carboxylic acid groups (broad SMARTS) is 1. The molecule has 1 unspecified atom stereocenters. The molecule has 4 nitrogen and oxygen atoms in total. The van der Waals surface area contributed by atoms with Gasteiger partial charge >= 0.3 is 5.97 Å². The van der Waals surface area contributed by atoms with Crippen LogP contribution in [-0.2, 0) is 4.79 Å². The highest BCUT2D eigenvalue weighted by Crippen LogP contribution is 2.12. The van der Waals surface area contributed by atoms with E-state index in [9.17, 15) is 4.79 Å². The van der Waals surface area contributed by atoms with Crippen molar-refractivity contribution < 1.29 is 9.90 Å². The van der Waals surface area contributed by atoms with Gasteiger partial charge < -0.3 is 5.11 Å². The first kappa shape index (κ1) is 9.64. The van der Waals surface area contributed by atoms with E-state index in [0.717, 1.165) is 11.4 Å². The fraction of sp³-hybridized carbons (Fsp3) is 0.444. The van der Waals surface area contributed by atoms with Crippen LogP contribution in [0.5, 0.6) is 0 Å². The molecule has 13 heavy (non-hydrogen) atoms. The van der Waals surface area contributed by atoms with E-state index in [4.69, 9.17) is 5.11 Å². The predicted molar refractivity (Wildman–Crippen MR) is 47.6 cm³/mol. The lowest BCUT2D eigenvalue weighted by atomic mass is 10.1. The van der Waals surface area contributed by atoms with E-state index >= 15 is 0 Å². The van der Waals surface area contributed by atoms with E-state index in [1.807, 2.05) is 13.8 Å². The Hall–Kier alpha value is -1.45. The van der Waals surface area contributed by atoms with Crippen molar-refractivity contribution in [2.24, 2.45) is 0 Å². The molecule has 1 atom stereocenters. The SMILES string of the molecule is Cc1ncc(C(C)C(=O)O)nc1C. The summed E-state index contributed by atoms with van der Waals surface area (Å²) < 4.78 is 0. The molecule has 1 N–H and O–H groups in total. The highest BCUT2D eigenvalue weighted by Gasteiger charge is 2.15. The van der Waals surface area contributed by atoms with Gasteiger partial charge in [-0.3, -0.25) is 14.8 Å². The van der Waals surface area contributed by atoms with Gasteiger partial charge in [-0.2, -0.15) is 0 Å². The molecule has 0 spiro atoms. The number of hydrogen-bond donors (Lipinski definition) is 1. The van der Waals surface area contributed by atoms with Gasteiger partial charge in [0.1, 0.15) is 0 Å². The van der Waals surface area contributed by atoms with Crippen molar-refractivity contribution in [1.82, 2.24) is 9.97 Å². The monoisotopic (exact) mass is 180 g/mol. The van der Waals surface area contributed by atoms with Crippen LogP contribution in [0.15, 0.2) is 6.20 Å². The minimum absolute atomic E-state index is 0.510. The fourth-order valence-corrected chi connectivity index (χ4v) is 0.895. The minimum atomic E-state index is -0.877. The summed E-state index contributed by atoms with van der Waals surface area (Å²) in [6.45, 7) is 5.26. The Morgan fingerprint density at radius 1 is 1.46 bits per heavy atom. The van der Waals surface area contributed by atoms with Crippen molar-refractivity contribution in [3.8, 4) is 0 Å². The molecule has 0 aliphatic heterocycles. The molecular weight excluding hydrogens is 168 g/mol. The quantitative estimate of drug-likeness (QED) is 0.744. The van der Waals surface area contributed by atoms with Gasteiger partial charge in [-0.15, -0.1) is 0 Å². The van der Waals surface area contributed by atoms with Gasteiger partial charge in [0, 0.05) is 6.20 Å². The molecule has 0 fully saturated rings. The van der Waals surface area contributed by atoms with Crippen molar-refractivity contribution in [2.45, 2.75) is 26.7 Å². The highest BCUT2D eigenvalue weighted by molar-refractivity contribution is 5.74. The molecule has 1 aromatic rings. The number of aryl methyl sites for hydroxylation is 2. The zero-order valence-corrected chi connectivity index (χ0v) is 7.90. The zero-order valence-electron chi connectivity index (χ0n) is 7.90. The topological polar surface area (TPSA) is 63.1 Å². The van der Waals surface area contributed by atoms with Crippen LogP contribution >= 0.6 is 0 Å². The van der Waals surface area contributed by atoms with Crippen LogP contribution in [0.2, 0.25) is 0 Å². The molecule has 0 aromatic carbocycles. The molecule has 70 valence electrons. The number of aliphatic carboxylic acids is 1. The van der Waals surface area contributed by atoms with Crippen molar-refractivity contribution in [3.05, 3.63) is 23.3 Å². The van der Waals surface area contributed by atoms with Crippen LogP contribution in [0.3, 0.4) is 0 Å². The first-order valence-electron chi connectivity index (χ1n) is 4.05. The summed E-state index contributed by atoms with van der Waals surface area (Å²) in [4.78, 5) is 18.8. The third-order valence-corrected chi connectivity index (χ3v) is 2.02. The highest BCUT2D eigenvalue weighted by atomic mass is 16.4. The molecule has 1 heterocycles. The lowest BCUT2D eigenvalue weighted by molar-refractivity contribution is -0.138. The second-order valence-corrected chi connectivity index (χ2v) is 3.03. The number of rotatable bonds is 2. The summed E-state index contributed by atoms with van der Waals surface area (Å²) in [5.74, 6) is -1.47. The first-order chi connectivity index (χ1) is 6.02. The van der Waals surface area contributed by atoms with E-state index in [-0.39, 0.29) is 0 Å². The van der Waals surface area contributed by atoms with Crippen LogP contribution in [0, 0.1) is 13.8 Å². The Labute approximate surface area is 76.7 Å². The van der Waals surface area contributed by atoms with Crippen molar-refractivity contribution in [2.75, 3.05) is 0 Å². The Balaban J connectivity index is 3.03. The molecule has 0 radical (unpaired) electrons. The third-order valence-electron chi connectivity index (χ3n) is 2.02. The van der Waals surface area contributed by atoms with Gasteiger partial charge in [0.2, 0.25) is 0 Å². The lowest BCUT2D eigenvalue weighted by Gasteiger charge is -2.06. The van der Waals surface area contributed by atoms with Crippen molar-refractivity contribution in [3.63, 3.8) is 0 Å². The zero-order chi connectivity index (χ0) is 10.0. The molecule has 0 amide bonds. The molecular formula is C9H12N2O2. The summed E-state index contributed by atoms with van der Waals surface area (Å²) in [5, 5.41) is 8.73. The fourth-order valence-electron chi connectivity index (χ4n) is 0.895. The van der Waals surface area contributed by atoms with Gasteiger partial charge in [0.25, 0.3) is 0 Å². The number of hydrogen-bond acceptors (Lipinski definition) is 3. The van der Waals surface area contributed by atoms with Crippen molar-refractivity contribution in [1.29, 1.82) is 0 Å². The molecule has 0 saturated carbocycles. The summed E-state index contributed by atoms with van der Waals surface area (Å²) >= 11 is 0. The van der Waals surface area contributed by atoms with Gasteiger partial charge in [0.15, 0.2) is 0 Å². The van der Waals surface area contributed by atoms with E-state index in [1.165, 1.54) is 6.20 Å². The smallest absolute Gasteiger partial charge is 0.312 e. The Morgan fingerprint density at radius 2 is 2.08 bits per heavy atom. The molecule has 4 heteroatoms. The molecule has 1 rings (SSSR count). The molecule has 0 saturated heterocycles. The van der Waals surface area contributed by atoms with E-state index < -0.39 is 11.9 Å². The molecule has 0 aliphatic carbocycles. The van der Waals surface area contributed by atoms with Crippen LogP contribution < -0.4 is 0 Å². The lowest BCUT2D eigenvalue weighted by Crippen LogP contribution is -2.10. The summed E-state index contributed by atoms with van der Waals surface area (Å²) in [7, 11) is 0. The van der Waals surface area contributed by atoms with Crippen LogP contribution in [0.4, 0.5) is 0 Å². The summed E-state index contributed by atoms with van der Waals surface area (Å²) in [6.07, 6.45) is 1.52. The number of carboxylic acids is 1. The number of carbonyl (C=O) groups is 1. The average Bonchev–Trinajstić information content (AvgIpc) is 2.08. The Kier molecular flexibility index (Phi) is 2.60. The van der Waals surface area contributed by atoms with E-state index in [1.54, 1.807) is 6.92 Å². The van der Waals surface area contributed by atoms with Crippen LogP contribution in [0.1, 0.15) is 29.9 Å². The predicted octanol–water partition coefficient (Wildman–Crippen LogP) is 1.28. The largest absolute Gasteiger partial charge is 0.481 e. The van der Waals surface area contributed by atoms with Crippen molar-refractivity contribution >= 4 is 5.97 Å². The first-order valence-corrected chi connectivity index (χ1v) is 4.05. The Bertz CT molecular complexity index is 336. The Morgan fingerprint density at radius 3 is 2.54 bits per heavy atom. The van der Waals surface area contributed by atoms with E-state index in [0.29, 0.717) is 5.69 Å². The number of aromatic nitrogens is 2. The minimum Gasteiger partial charge on any atom is -0.481 e. The number of nitrogens with zero attached hydrogens (tertiary/aromatic N) is 2. The standard InChI is InChI=1S/C9H12N2O2/c1-5(9(12)13)8-4-10-6(2)7(3)11-8/h4-5H,1-3H3,(H,12,13). The van der Waals surface area contributed by atoms with Gasteiger partial charge in [-0.1, -0.05) is 0 Å².